The van der Waals surface area contributed by atoms with E-state index in [4.69, 9.17) is 4.74 Å². The molecule has 3 aromatic carbocycles. The third-order valence-corrected chi connectivity index (χ3v) is 5.86. The maximum Gasteiger partial charge on any atom is 0.120 e. The summed E-state index contributed by atoms with van der Waals surface area (Å²) >= 11 is 0. The van der Waals surface area contributed by atoms with Crippen LogP contribution in [0.3, 0.4) is 0 Å². The van der Waals surface area contributed by atoms with Gasteiger partial charge in [0.25, 0.3) is 0 Å². The fraction of sp³-hybridized carbons (Fsp3) is 0.333. The van der Waals surface area contributed by atoms with Gasteiger partial charge < -0.3 is 10.1 Å². The van der Waals surface area contributed by atoms with Gasteiger partial charge in [0.1, 0.15) is 12.4 Å². The van der Waals surface area contributed by atoms with Crippen LogP contribution in [0.5, 0.6) is 5.75 Å². The summed E-state index contributed by atoms with van der Waals surface area (Å²) in [5.41, 5.74) is 5.17. The zero-order valence-electron chi connectivity index (χ0n) is 17.9. The number of likely N-dealkylation sites (tertiary alicyclic amines) is 1. The first kappa shape index (κ1) is 20.6. The molecule has 0 radical (unpaired) electrons. The summed E-state index contributed by atoms with van der Waals surface area (Å²) in [5, 5.41) is 3.75. The van der Waals surface area contributed by atoms with Crippen LogP contribution in [0.1, 0.15) is 35.1 Å². The molecular weight excluding hydrogens is 368 g/mol. The van der Waals surface area contributed by atoms with Crippen molar-refractivity contribution >= 4 is 0 Å². The van der Waals surface area contributed by atoms with Crippen molar-refractivity contribution in [3.8, 4) is 5.75 Å². The van der Waals surface area contributed by atoms with Crippen LogP contribution in [-0.2, 0) is 19.7 Å². The largest absolute Gasteiger partial charge is 0.489 e. The van der Waals surface area contributed by atoms with Crippen LogP contribution in [0.25, 0.3) is 0 Å². The SMILES string of the molecule is Cc1ccc(COc2cccc(CNC3CCN(Cc4ccccc4)CC3)c2)cc1. The molecule has 0 spiro atoms. The average Bonchev–Trinajstić information content (AvgIpc) is 2.79. The van der Waals surface area contributed by atoms with E-state index in [-0.39, 0.29) is 0 Å². The predicted molar refractivity (Wildman–Crippen MR) is 124 cm³/mol. The minimum absolute atomic E-state index is 0.592. The van der Waals surface area contributed by atoms with Gasteiger partial charge >= 0.3 is 0 Å². The molecule has 1 aliphatic rings. The molecule has 30 heavy (non-hydrogen) atoms. The summed E-state index contributed by atoms with van der Waals surface area (Å²) in [5.74, 6) is 0.938. The van der Waals surface area contributed by atoms with Crippen molar-refractivity contribution in [3.05, 3.63) is 101 Å². The average molecular weight is 401 g/mol. The van der Waals surface area contributed by atoms with Crippen molar-refractivity contribution in [1.82, 2.24) is 10.2 Å². The Hall–Kier alpha value is -2.62. The van der Waals surface area contributed by atoms with E-state index in [1.165, 1.54) is 35.1 Å². The van der Waals surface area contributed by atoms with Gasteiger partial charge in [-0.1, -0.05) is 72.3 Å². The fourth-order valence-corrected chi connectivity index (χ4v) is 4.00. The van der Waals surface area contributed by atoms with Crippen LogP contribution >= 0.6 is 0 Å². The van der Waals surface area contributed by atoms with E-state index < -0.39 is 0 Å². The first-order valence-electron chi connectivity index (χ1n) is 11.0. The lowest BCUT2D eigenvalue weighted by Crippen LogP contribution is -2.41. The molecule has 3 nitrogen and oxygen atoms in total. The Kier molecular flexibility index (Phi) is 7.17. The van der Waals surface area contributed by atoms with Gasteiger partial charge in [0, 0.05) is 19.1 Å². The Morgan fingerprint density at radius 2 is 1.57 bits per heavy atom. The molecule has 0 amide bonds. The molecule has 3 aromatic rings. The first-order chi connectivity index (χ1) is 14.7. The molecule has 0 aliphatic carbocycles. The normalized spacial score (nSPS) is 15.2. The third kappa shape index (κ3) is 6.19. The Balaban J connectivity index is 1.21. The fourth-order valence-electron chi connectivity index (χ4n) is 4.00. The minimum atomic E-state index is 0.592. The lowest BCUT2D eigenvalue weighted by Gasteiger charge is -2.32. The van der Waals surface area contributed by atoms with Gasteiger partial charge in [-0.3, -0.25) is 4.90 Å². The zero-order chi connectivity index (χ0) is 20.6. The van der Waals surface area contributed by atoms with E-state index in [9.17, 15) is 0 Å². The summed E-state index contributed by atoms with van der Waals surface area (Å²) in [4.78, 5) is 2.56. The van der Waals surface area contributed by atoms with Crippen LogP contribution in [-0.4, -0.2) is 24.0 Å². The summed E-state index contributed by atoms with van der Waals surface area (Å²) < 4.78 is 6.00. The van der Waals surface area contributed by atoms with E-state index in [1.807, 2.05) is 6.07 Å². The number of hydrogen-bond acceptors (Lipinski definition) is 3. The van der Waals surface area contributed by atoms with E-state index >= 15 is 0 Å². The second-order valence-electron chi connectivity index (χ2n) is 8.34. The monoisotopic (exact) mass is 400 g/mol. The molecule has 0 bridgehead atoms. The van der Waals surface area contributed by atoms with Gasteiger partial charge in [-0.25, -0.2) is 0 Å². The van der Waals surface area contributed by atoms with E-state index in [0.29, 0.717) is 12.6 Å². The molecule has 1 aliphatic heterocycles. The lowest BCUT2D eigenvalue weighted by molar-refractivity contribution is 0.190. The van der Waals surface area contributed by atoms with Crippen LogP contribution in [0.2, 0.25) is 0 Å². The smallest absolute Gasteiger partial charge is 0.120 e. The quantitative estimate of drug-likeness (QED) is 0.553. The van der Waals surface area contributed by atoms with Gasteiger partial charge in [0.2, 0.25) is 0 Å². The van der Waals surface area contributed by atoms with Crippen molar-refractivity contribution in [2.45, 2.75) is 45.5 Å². The number of nitrogens with zero attached hydrogens (tertiary/aromatic N) is 1. The van der Waals surface area contributed by atoms with Crippen molar-refractivity contribution < 1.29 is 4.74 Å². The number of hydrogen-bond donors (Lipinski definition) is 1. The second-order valence-corrected chi connectivity index (χ2v) is 8.34. The maximum atomic E-state index is 6.00. The highest BCUT2D eigenvalue weighted by Crippen LogP contribution is 2.18. The van der Waals surface area contributed by atoms with Gasteiger partial charge in [0.15, 0.2) is 0 Å². The van der Waals surface area contributed by atoms with Gasteiger partial charge in [-0.15, -0.1) is 0 Å². The topological polar surface area (TPSA) is 24.5 Å². The molecule has 1 saturated heterocycles. The molecule has 0 saturated carbocycles. The van der Waals surface area contributed by atoms with E-state index in [1.54, 1.807) is 0 Å². The van der Waals surface area contributed by atoms with Crippen LogP contribution in [0.15, 0.2) is 78.9 Å². The molecule has 4 rings (SSSR count). The predicted octanol–water partition coefficient (Wildman–Crippen LogP) is 5.33. The Morgan fingerprint density at radius 1 is 0.833 bits per heavy atom. The molecule has 1 N–H and O–H groups in total. The van der Waals surface area contributed by atoms with Gasteiger partial charge in [-0.2, -0.15) is 0 Å². The van der Waals surface area contributed by atoms with Gasteiger partial charge in [0.05, 0.1) is 0 Å². The van der Waals surface area contributed by atoms with Crippen molar-refractivity contribution in [2.75, 3.05) is 13.1 Å². The standard InChI is InChI=1S/C27H32N2O/c1-22-10-12-24(13-11-22)21-30-27-9-5-8-25(18-27)19-28-26-14-16-29(17-15-26)20-23-6-3-2-4-7-23/h2-13,18,26,28H,14-17,19-21H2,1H3. The molecule has 1 fully saturated rings. The molecule has 0 atom stereocenters. The molecular formula is C27H32N2O. The maximum absolute atomic E-state index is 6.00. The molecule has 0 aromatic heterocycles. The number of rotatable bonds is 8. The molecule has 0 unspecified atom stereocenters. The van der Waals surface area contributed by atoms with E-state index in [2.05, 4.69) is 89.9 Å². The Labute approximate surface area is 180 Å². The number of benzene rings is 3. The summed E-state index contributed by atoms with van der Waals surface area (Å²) in [6.07, 6.45) is 2.41. The van der Waals surface area contributed by atoms with Crippen molar-refractivity contribution in [1.29, 1.82) is 0 Å². The van der Waals surface area contributed by atoms with Crippen molar-refractivity contribution in [3.63, 3.8) is 0 Å². The van der Waals surface area contributed by atoms with Crippen molar-refractivity contribution in [2.24, 2.45) is 0 Å². The summed E-state index contributed by atoms with van der Waals surface area (Å²) in [6, 6.07) is 28.4. The highest BCUT2D eigenvalue weighted by Gasteiger charge is 2.18. The van der Waals surface area contributed by atoms with Gasteiger partial charge in [-0.05, 0) is 61.7 Å². The first-order valence-corrected chi connectivity index (χ1v) is 11.0. The molecule has 156 valence electrons. The molecule has 1 heterocycles. The summed E-state index contributed by atoms with van der Waals surface area (Å²) in [7, 11) is 0. The number of ether oxygens (including phenoxy) is 1. The lowest BCUT2D eigenvalue weighted by atomic mass is 10.0. The van der Waals surface area contributed by atoms with Crippen LogP contribution in [0.4, 0.5) is 0 Å². The summed E-state index contributed by atoms with van der Waals surface area (Å²) in [6.45, 7) is 6.99. The minimum Gasteiger partial charge on any atom is -0.489 e. The number of nitrogens with one attached hydrogen (secondary N) is 1. The zero-order valence-corrected chi connectivity index (χ0v) is 17.9. The molecule has 3 heteroatoms. The van der Waals surface area contributed by atoms with Crippen LogP contribution in [0, 0.1) is 6.92 Å². The third-order valence-electron chi connectivity index (χ3n) is 5.86. The second kappa shape index (κ2) is 10.4. The Morgan fingerprint density at radius 3 is 2.33 bits per heavy atom. The Bertz CT molecular complexity index is 900. The van der Waals surface area contributed by atoms with E-state index in [0.717, 1.165) is 31.9 Å². The van der Waals surface area contributed by atoms with Crippen LogP contribution < -0.4 is 10.1 Å². The number of piperidine rings is 1. The highest BCUT2D eigenvalue weighted by molar-refractivity contribution is 5.29. The highest BCUT2D eigenvalue weighted by atomic mass is 16.5. The number of aryl methyl sites for hydroxylation is 1.